The highest BCUT2D eigenvalue weighted by Crippen LogP contribution is 2.27. The van der Waals surface area contributed by atoms with E-state index in [2.05, 4.69) is 0 Å². The van der Waals surface area contributed by atoms with Crippen LogP contribution >= 0.6 is 0 Å². The highest BCUT2D eigenvalue weighted by atomic mass is 28.2. The Kier molecular flexibility index (Phi) is 9.14. The predicted octanol–water partition coefficient (Wildman–Crippen LogP) is 3.86. The van der Waals surface area contributed by atoms with Gasteiger partial charge in [0.25, 0.3) is 19.5 Å². The fraction of sp³-hybridized carbons (Fsp3) is 0.0588. The van der Waals surface area contributed by atoms with E-state index in [-0.39, 0.29) is 11.9 Å². The van der Waals surface area contributed by atoms with Crippen LogP contribution in [0.1, 0.15) is 34.1 Å². The van der Waals surface area contributed by atoms with E-state index >= 15 is 0 Å². The van der Waals surface area contributed by atoms with E-state index in [1.54, 1.807) is 0 Å². The van der Waals surface area contributed by atoms with Gasteiger partial charge in [-0.1, -0.05) is 146 Å². The molecular formula is C34H30O4Si2. The van der Waals surface area contributed by atoms with Crippen molar-refractivity contribution in [2.24, 2.45) is 0 Å². The number of rotatable bonds is 10. The fourth-order valence-electron chi connectivity index (χ4n) is 4.72. The van der Waals surface area contributed by atoms with Crippen LogP contribution in [-0.4, -0.2) is 31.5 Å². The molecule has 4 nitrogen and oxygen atoms in total. The highest BCUT2D eigenvalue weighted by molar-refractivity contribution is 6.51. The van der Waals surface area contributed by atoms with Gasteiger partial charge in [0, 0.05) is 0 Å². The van der Waals surface area contributed by atoms with Crippen molar-refractivity contribution in [1.82, 2.24) is 0 Å². The lowest BCUT2D eigenvalue weighted by Gasteiger charge is -2.18. The minimum absolute atomic E-state index is 0.232. The molecule has 0 spiro atoms. The SMILES string of the molecule is O=C(O[SiH2]c1ccc([SiH2]OC(=O)C(c2ccccc2)c2ccccc2)cc1)C(c1ccccc1)c1ccccc1. The van der Waals surface area contributed by atoms with Crippen molar-refractivity contribution in [2.75, 3.05) is 0 Å². The molecule has 0 unspecified atom stereocenters. The molecule has 0 fully saturated rings. The maximum absolute atomic E-state index is 13.2. The lowest BCUT2D eigenvalue weighted by Crippen LogP contribution is -2.29. The van der Waals surface area contributed by atoms with Crippen molar-refractivity contribution in [2.45, 2.75) is 11.8 Å². The maximum atomic E-state index is 13.2. The second kappa shape index (κ2) is 13.5. The zero-order valence-corrected chi connectivity index (χ0v) is 24.9. The summed E-state index contributed by atoms with van der Waals surface area (Å²) in [4.78, 5) is 26.4. The number of benzene rings is 5. The van der Waals surface area contributed by atoms with E-state index in [0.29, 0.717) is 0 Å². The Morgan fingerprint density at radius 1 is 0.400 bits per heavy atom. The molecule has 198 valence electrons. The first-order valence-electron chi connectivity index (χ1n) is 13.3. The molecule has 5 aromatic carbocycles. The van der Waals surface area contributed by atoms with E-state index in [1.165, 1.54) is 0 Å². The molecule has 0 radical (unpaired) electrons. The molecule has 6 heteroatoms. The molecule has 40 heavy (non-hydrogen) atoms. The molecule has 0 aromatic heterocycles. The van der Waals surface area contributed by atoms with Gasteiger partial charge in [0.05, 0.1) is 0 Å². The number of carbonyl (C=O) groups is 2. The molecule has 0 amide bonds. The maximum Gasteiger partial charge on any atom is 0.304 e. The largest absolute Gasteiger partial charge is 0.520 e. The van der Waals surface area contributed by atoms with E-state index in [9.17, 15) is 9.59 Å². The lowest BCUT2D eigenvalue weighted by atomic mass is 9.91. The van der Waals surface area contributed by atoms with E-state index in [0.717, 1.165) is 32.6 Å². The van der Waals surface area contributed by atoms with Crippen LogP contribution in [0.4, 0.5) is 0 Å². The van der Waals surface area contributed by atoms with Crippen molar-refractivity contribution in [3.63, 3.8) is 0 Å². The first-order valence-corrected chi connectivity index (χ1v) is 15.9. The molecule has 0 saturated carbocycles. The van der Waals surface area contributed by atoms with Crippen molar-refractivity contribution in [3.05, 3.63) is 168 Å². The van der Waals surface area contributed by atoms with Crippen molar-refractivity contribution in [3.8, 4) is 0 Å². The lowest BCUT2D eigenvalue weighted by molar-refractivity contribution is -0.135. The summed E-state index contributed by atoms with van der Waals surface area (Å²) in [7, 11) is -2.56. The second-order valence-corrected chi connectivity index (χ2v) is 12.3. The quantitative estimate of drug-likeness (QED) is 0.245. The molecule has 0 aliphatic heterocycles. The molecule has 0 bridgehead atoms. The van der Waals surface area contributed by atoms with E-state index in [4.69, 9.17) is 8.85 Å². The molecule has 0 saturated heterocycles. The molecule has 5 rings (SSSR count). The zero-order chi connectivity index (χ0) is 27.6. The van der Waals surface area contributed by atoms with Gasteiger partial charge in [0.15, 0.2) is 0 Å². The third-order valence-corrected chi connectivity index (χ3v) is 9.26. The Hall–Kier alpha value is -4.53. The summed E-state index contributed by atoms with van der Waals surface area (Å²) in [6.07, 6.45) is 0. The summed E-state index contributed by atoms with van der Waals surface area (Å²) < 4.78 is 11.8. The van der Waals surface area contributed by atoms with Crippen LogP contribution in [-0.2, 0) is 18.4 Å². The van der Waals surface area contributed by atoms with Gasteiger partial charge in [0.2, 0.25) is 0 Å². The average Bonchev–Trinajstić information content (AvgIpc) is 3.02. The predicted molar refractivity (Wildman–Crippen MR) is 164 cm³/mol. The first-order chi connectivity index (χ1) is 19.7. The third-order valence-electron chi connectivity index (χ3n) is 6.79. The normalized spacial score (nSPS) is 11.4. The molecule has 5 aromatic rings. The van der Waals surface area contributed by atoms with Crippen molar-refractivity contribution >= 4 is 41.8 Å². The number of hydrogen-bond acceptors (Lipinski definition) is 4. The molecule has 0 aliphatic rings. The molecule has 0 atom stereocenters. The van der Waals surface area contributed by atoms with Crippen LogP contribution in [0.2, 0.25) is 0 Å². The van der Waals surface area contributed by atoms with Crippen molar-refractivity contribution in [1.29, 1.82) is 0 Å². The van der Waals surface area contributed by atoms with Gasteiger partial charge in [-0.3, -0.25) is 9.59 Å². The number of carbonyl (C=O) groups excluding carboxylic acids is 2. The Balaban J connectivity index is 1.21. The van der Waals surface area contributed by atoms with Crippen LogP contribution in [0.3, 0.4) is 0 Å². The minimum Gasteiger partial charge on any atom is -0.520 e. The molecule has 0 N–H and O–H groups in total. The molecular weight excluding hydrogens is 529 g/mol. The minimum atomic E-state index is -1.28. The Labute approximate surface area is 239 Å². The summed E-state index contributed by atoms with van der Waals surface area (Å²) in [5.74, 6) is -1.38. The Morgan fingerprint density at radius 2 is 0.650 bits per heavy atom. The first kappa shape index (κ1) is 27.1. The van der Waals surface area contributed by atoms with Gasteiger partial charge >= 0.3 is 11.9 Å². The second-order valence-electron chi connectivity index (χ2n) is 9.54. The Morgan fingerprint density at radius 3 is 0.900 bits per heavy atom. The van der Waals surface area contributed by atoms with Gasteiger partial charge in [-0.05, 0) is 32.6 Å². The van der Waals surface area contributed by atoms with Gasteiger partial charge in [0.1, 0.15) is 11.8 Å². The summed E-state index contributed by atoms with van der Waals surface area (Å²) in [5, 5.41) is 2.03. The van der Waals surface area contributed by atoms with Crippen LogP contribution < -0.4 is 10.4 Å². The third kappa shape index (κ3) is 6.91. The summed E-state index contributed by atoms with van der Waals surface area (Å²) in [6, 6.07) is 46.9. The van der Waals surface area contributed by atoms with Gasteiger partial charge in [-0.25, -0.2) is 0 Å². The van der Waals surface area contributed by atoms with Crippen molar-refractivity contribution < 1.29 is 18.4 Å². The topological polar surface area (TPSA) is 52.6 Å². The van der Waals surface area contributed by atoms with Crippen LogP contribution in [0.25, 0.3) is 0 Å². The summed E-state index contributed by atoms with van der Waals surface area (Å²) >= 11 is 0. The highest BCUT2D eigenvalue weighted by Gasteiger charge is 2.25. The molecule has 0 heterocycles. The average molecular weight is 559 g/mol. The summed E-state index contributed by atoms with van der Waals surface area (Å²) in [5.41, 5.74) is 3.67. The zero-order valence-electron chi connectivity index (χ0n) is 22.1. The van der Waals surface area contributed by atoms with Crippen LogP contribution in [0, 0.1) is 0 Å². The van der Waals surface area contributed by atoms with E-state index in [1.807, 2.05) is 146 Å². The van der Waals surface area contributed by atoms with E-state index < -0.39 is 31.4 Å². The molecule has 0 aliphatic carbocycles. The van der Waals surface area contributed by atoms with Gasteiger partial charge in [-0.2, -0.15) is 0 Å². The Bertz CT molecular complexity index is 1310. The fourth-order valence-corrected chi connectivity index (χ4v) is 6.53. The van der Waals surface area contributed by atoms with Crippen LogP contribution in [0.5, 0.6) is 0 Å². The summed E-state index contributed by atoms with van der Waals surface area (Å²) in [6.45, 7) is 0. The van der Waals surface area contributed by atoms with Crippen LogP contribution in [0.15, 0.2) is 146 Å². The number of hydrogen-bond donors (Lipinski definition) is 0. The standard InChI is InChI=1S/C34H30O4Si2/c35-33(31(25-13-5-1-6-14-25)26-15-7-2-8-16-26)37-39-29-21-23-30(24-22-29)40-38-34(36)32(27-17-9-3-10-18-27)28-19-11-4-12-20-28/h1-24,31-32H,39-40H2. The smallest absolute Gasteiger partial charge is 0.304 e. The van der Waals surface area contributed by atoms with Gasteiger partial charge in [-0.15, -0.1) is 0 Å². The monoisotopic (exact) mass is 558 g/mol. The van der Waals surface area contributed by atoms with Gasteiger partial charge < -0.3 is 8.85 Å².